The summed E-state index contributed by atoms with van der Waals surface area (Å²) in [5.41, 5.74) is -0.288. The SMILES string of the molecule is CC1(C)CCC(CN2CCCC(C(F)(F)F)C2)C1=O. The van der Waals surface area contributed by atoms with Crippen molar-refractivity contribution in [2.24, 2.45) is 17.3 Å². The summed E-state index contributed by atoms with van der Waals surface area (Å²) in [5, 5.41) is 0. The van der Waals surface area contributed by atoms with E-state index in [1.54, 1.807) is 0 Å². The average molecular weight is 277 g/mol. The van der Waals surface area contributed by atoms with Crippen LogP contribution < -0.4 is 0 Å². The maximum atomic E-state index is 12.7. The Labute approximate surface area is 112 Å². The Kier molecular flexibility index (Phi) is 3.96. The van der Waals surface area contributed by atoms with Crippen molar-refractivity contribution in [1.82, 2.24) is 4.90 Å². The second-order valence-electron chi connectivity index (χ2n) is 6.62. The van der Waals surface area contributed by atoms with Gasteiger partial charge in [0.2, 0.25) is 0 Å². The molecule has 2 nitrogen and oxygen atoms in total. The summed E-state index contributed by atoms with van der Waals surface area (Å²) in [7, 11) is 0. The van der Waals surface area contributed by atoms with Crippen LogP contribution in [0.5, 0.6) is 0 Å². The van der Waals surface area contributed by atoms with Crippen molar-refractivity contribution in [2.75, 3.05) is 19.6 Å². The minimum Gasteiger partial charge on any atom is -0.302 e. The highest BCUT2D eigenvalue weighted by Crippen LogP contribution is 2.39. The van der Waals surface area contributed by atoms with Gasteiger partial charge in [0.25, 0.3) is 0 Å². The zero-order valence-corrected chi connectivity index (χ0v) is 11.6. The molecular formula is C14H22F3NO. The number of nitrogens with zero attached hydrogens (tertiary/aromatic N) is 1. The Morgan fingerprint density at radius 3 is 2.53 bits per heavy atom. The summed E-state index contributed by atoms with van der Waals surface area (Å²) in [4.78, 5) is 14.0. The van der Waals surface area contributed by atoms with Gasteiger partial charge in [-0.15, -0.1) is 0 Å². The number of likely N-dealkylation sites (tertiary alicyclic amines) is 1. The highest BCUT2D eigenvalue weighted by Gasteiger charge is 2.44. The molecule has 0 aromatic rings. The quantitative estimate of drug-likeness (QED) is 0.772. The number of hydrogen-bond acceptors (Lipinski definition) is 2. The normalized spacial score (nSPS) is 32.8. The molecule has 1 saturated carbocycles. The summed E-state index contributed by atoms with van der Waals surface area (Å²) in [6.07, 6.45) is -1.62. The first-order valence-corrected chi connectivity index (χ1v) is 7.03. The van der Waals surface area contributed by atoms with E-state index in [-0.39, 0.29) is 30.1 Å². The largest absolute Gasteiger partial charge is 0.393 e. The molecule has 0 aromatic heterocycles. The molecule has 2 fully saturated rings. The van der Waals surface area contributed by atoms with Crippen LogP contribution in [0, 0.1) is 17.3 Å². The van der Waals surface area contributed by atoms with Crippen LogP contribution in [-0.2, 0) is 4.79 Å². The molecule has 0 bridgehead atoms. The van der Waals surface area contributed by atoms with Crippen molar-refractivity contribution >= 4 is 5.78 Å². The fraction of sp³-hybridized carbons (Fsp3) is 0.929. The molecule has 1 aliphatic heterocycles. The predicted octanol–water partition coefficient (Wildman–Crippen LogP) is 3.27. The van der Waals surface area contributed by atoms with Crippen LogP contribution in [0.2, 0.25) is 0 Å². The van der Waals surface area contributed by atoms with E-state index in [1.165, 1.54) is 0 Å². The van der Waals surface area contributed by atoms with E-state index in [1.807, 2.05) is 18.7 Å². The van der Waals surface area contributed by atoms with E-state index in [0.717, 1.165) is 12.8 Å². The molecule has 0 aromatic carbocycles. The number of piperidine rings is 1. The van der Waals surface area contributed by atoms with Crippen molar-refractivity contribution in [3.05, 3.63) is 0 Å². The molecule has 0 N–H and O–H groups in total. The molecule has 1 aliphatic carbocycles. The van der Waals surface area contributed by atoms with Gasteiger partial charge in [0.1, 0.15) is 5.78 Å². The van der Waals surface area contributed by atoms with Crippen LogP contribution in [0.15, 0.2) is 0 Å². The zero-order valence-electron chi connectivity index (χ0n) is 11.6. The van der Waals surface area contributed by atoms with E-state index in [2.05, 4.69) is 0 Å². The maximum Gasteiger partial charge on any atom is 0.393 e. The number of alkyl halides is 3. The number of carbonyl (C=O) groups is 1. The minimum atomic E-state index is -4.10. The number of hydrogen-bond donors (Lipinski definition) is 0. The topological polar surface area (TPSA) is 20.3 Å². The standard InChI is InChI=1S/C14H22F3NO/c1-13(2)6-5-10(12(13)19)8-18-7-3-4-11(9-18)14(15,16)17/h10-11H,3-9H2,1-2H3. The lowest BCUT2D eigenvalue weighted by Gasteiger charge is -2.35. The van der Waals surface area contributed by atoms with Crippen molar-refractivity contribution in [3.63, 3.8) is 0 Å². The van der Waals surface area contributed by atoms with Gasteiger partial charge in [-0.1, -0.05) is 13.8 Å². The van der Waals surface area contributed by atoms with Crippen molar-refractivity contribution in [2.45, 2.75) is 45.7 Å². The Morgan fingerprint density at radius 1 is 1.32 bits per heavy atom. The lowest BCUT2D eigenvalue weighted by molar-refractivity contribution is -0.187. The van der Waals surface area contributed by atoms with Gasteiger partial charge < -0.3 is 4.90 Å². The molecule has 0 amide bonds. The maximum absolute atomic E-state index is 12.7. The van der Waals surface area contributed by atoms with Gasteiger partial charge in [-0.2, -0.15) is 13.2 Å². The van der Waals surface area contributed by atoms with Crippen LogP contribution in [0.25, 0.3) is 0 Å². The molecule has 2 atom stereocenters. The zero-order chi connectivity index (χ0) is 14.3. The number of ketones is 1. The number of carbonyl (C=O) groups excluding carboxylic acids is 1. The third-order valence-corrected chi connectivity index (χ3v) is 4.60. The Bertz CT molecular complexity index is 351. The van der Waals surface area contributed by atoms with Gasteiger partial charge in [-0.05, 0) is 32.2 Å². The Hall–Kier alpha value is -0.580. The third kappa shape index (κ3) is 3.30. The van der Waals surface area contributed by atoms with Crippen LogP contribution in [0.3, 0.4) is 0 Å². The first-order valence-electron chi connectivity index (χ1n) is 7.03. The van der Waals surface area contributed by atoms with E-state index in [0.29, 0.717) is 19.5 Å². The average Bonchev–Trinajstić information content (AvgIpc) is 2.56. The first-order chi connectivity index (χ1) is 8.70. The minimum absolute atomic E-state index is 0.0632. The molecule has 1 heterocycles. The van der Waals surface area contributed by atoms with E-state index >= 15 is 0 Å². The molecule has 0 spiro atoms. The number of rotatable bonds is 2. The molecule has 0 radical (unpaired) electrons. The van der Waals surface area contributed by atoms with Gasteiger partial charge in [0.15, 0.2) is 0 Å². The second kappa shape index (κ2) is 5.08. The molecule has 110 valence electrons. The van der Waals surface area contributed by atoms with Crippen LogP contribution in [0.1, 0.15) is 39.5 Å². The second-order valence-corrected chi connectivity index (χ2v) is 6.62. The first kappa shape index (κ1) is 14.8. The summed E-state index contributed by atoms with van der Waals surface area (Å²) >= 11 is 0. The number of Topliss-reactive ketones (excluding diaryl/α,β-unsaturated/α-hetero) is 1. The third-order valence-electron chi connectivity index (χ3n) is 4.60. The smallest absolute Gasteiger partial charge is 0.302 e. The van der Waals surface area contributed by atoms with Crippen molar-refractivity contribution < 1.29 is 18.0 Å². The van der Waals surface area contributed by atoms with Crippen LogP contribution >= 0.6 is 0 Å². The van der Waals surface area contributed by atoms with E-state index in [4.69, 9.17) is 0 Å². The van der Waals surface area contributed by atoms with E-state index < -0.39 is 12.1 Å². The fourth-order valence-corrected chi connectivity index (χ4v) is 3.32. The van der Waals surface area contributed by atoms with Gasteiger partial charge in [-0.3, -0.25) is 4.79 Å². The van der Waals surface area contributed by atoms with Crippen molar-refractivity contribution in [3.8, 4) is 0 Å². The molecule has 1 saturated heterocycles. The van der Waals surface area contributed by atoms with Gasteiger partial charge in [-0.25, -0.2) is 0 Å². The summed E-state index contributed by atoms with van der Waals surface area (Å²) in [5.74, 6) is -1.06. The Morgan fingerprint density at radius 2 is 2.00 bits per heavy atom. The van der Waals surface area contributed by atoms with Crippen molar-refractivity contribution in [1.29, 1.82) is 0 Å². The Balaban J connectivity index is 1.92. The molecule has 2 unspecified atom stereocenters. The molecule has 2 aliphatic rings. The highest BCUT2D eigenvalue weighted by atomic mass is 19.4. The van der Waals surface area contributed by atoms with Crippen LogP contribution in [-0.4, -0.2) is 36.5 Å². The summed E-state index contributed by atoms with van der Waals surface area (Å²) in [6, 6.07) is 0. The van der Waals surface area contributed by atoms with Crippen LogP contribution in [0.4, 0.5) is 13.2 Å². The molecule has 19 heavy (non-hydrogen) atoms. The van der Waals surface area contributed by atoms with E-state index in [9.17, 15) is 18.0 Å². The van der Waals surface area contributed by atoms with Gasteiger partial charge in [0, 0.05) is 24.4 Å². The number of halogens is 3. The monoisotopic (exact) mass is 277 g/mol. The molecular weight excluding hydrogens is 255 g/mol. The lowest BCUT2D eigenvalue weighted by atomic mass is 9.88. The lowest BCUT2D eigenvalue weighted by Crippen LogP contribution is -2.44. The van der Waals surface area contributed by atoms with Gasteiger partial charge in [0.05, 0.1) is 5.92 Å². The highest BCUT2D eigenvalue weighted by molar-refractivity contribution is 5.88. The molecule has 5 heteroatoms. The van der Waals surface area contributed by atoms with Gasteiger partial charge >= 0.3 is 6.18 Å². The predicted molar refractivity (Wildman–Crippen MR) is 66.7 cm³/mol. The summed E-state index contributed by atoms with van der Waals surface area (Å²) < 4.78 is 38.2. The molecule has 2 rings (SSSR count). The summed E-state index contributed by atoms with van der Waals surface area (Å²) in [6.45, 7) is 5.13. The fourth-order valence-electron chi connectivity index (χ4n) is 3.32.